The minimum absolute atomic E-state index is 0.325. The van der Waals surface area contributed by atoms with Gasteiger partial charge in [0.05, 0.1) is 7.11 Å². The van der Waals surface area contributed by atoms with Crippen LogP contribution >= 0.6 is 11.3 Å². The number of benzene rings is 1. The van der Waals surface area contributed by atoms with Crippen LogP contribution in [0, 0.1) is 0 Å². The van der Waals surface area contributed by atoms with Crippen LogP contribution in [0.25, 0.3) is 0 Å². The summed E-state index contributed by atoms with van der Waals surface area (Å²) in [5, 5.41) is 7.91. The number of hydrogen-bond acceptors (Lipinski definition) is 3. The highest BCUT2D eigenvalue weighted by atomic mass is 32.1. The second-order valence-corrected chi connectivity index (χ2v) is 5.22. The largest absolute Gasteiger partial charge is 0.497 e. The molecule has 2 unspecified atom stereocenters. The molecule has 0 amide bonds. The van der Waals surface area contributed by atoms with Gasteiger partial charge in [0.2, 0.25) is 0 Å². The van der Waals surface area contributed by atoms with Crippen LogP contribution in [-0.4, -0.2) is 7.11 Å². The molecule has 0 radical (unpaired) electrons. The van der Waals surface area contributed by atoms with Gasteiger partial charge in [-0.3, -0.25) is 0 Å². The lowest BCUT2D eigenvalue weighted by molar-refractivity contribution is 0.414. The molecule has 0 aliphatic heterocycles. The smallest absolute Gasteiger partial charge is 0.118 e. The van der Waals surface area contributed by atoms with Crippen LogP contribution in [0.4, 0.5) is 0 Å². The van der Waals surface area contributed by atoms with Crippen molar-refractivity contribution in [2.75, 3.05) is 7.11 Å². The molecule has 0 spiro atoms. The average molecular weight is 261 g/mol. The van der Waals surface area contributed by atoms with Crippen LogP contribution < -0.4 is 10.1 Å². The Balaban J connectivity index is 2.00. The Labute approximate surface area is 113 Å². The van der Waals surface area contributed by atoms with E-state index in [1.807, 2.05) is 12.1 Å². The molecular weight excluding hydrogens is 242 g/mol. The van der Waals surface area contributed by atoms with Crippen molar-refractivity contribution in [1.82, 2.24) is 5.32 Å². The quantitative estimate of drug-likeness (QED) is 0.872. The van der Waals surface area contributed by atoms with E-state index in [4.69, 9.17) is 4.74 Å². The van der Waals surface area contributed by atoms with Crippen molar-refractivity contribution < 1.29 is 4.74 Å². The Kier molecular flexibility index (Phi) is 4.39. The molecule has 18 heavy (non-hydrogen) atoms. The molecule has 1 N–H and O–H groups in total. The first kappa shape index (κ1) is 13.1. The zero-order valence-corrected chi connectivity index (χ0v) is 11.8. The fourth-order valence-corrected chi connectivity index (χ4v) is 2.74. The highest BCUT2D eigenvalue weighted by molar-refractivity contribution is 7.07. The van der Waals surface area contributed by atoms with Crippen molar-refractivity contribution in [3.63, 3.8) is 0 Å². The van der Waals surface area contributed by atoms with Gasteiger partial charge in [-0.15, -0.1) is 0 Å². The molecule has 0 bridgehead atoms. The fourth-order valence-electron chi connectivity index (χ4n) is 1.98. The Morgan fingerprint density at radius 1 is 1.00 bits per heavy atom. The van der Waals surface area contributed by atoms with Crippen molar-refractivity contribution in [2.24, 2.45) is 0 Å². The lowest BCUT2D eigenvalue weighted by Crippen LogP contribution is -2.22. The first-order valence-corrected chi connectivity index (χ1v) is 7.07. The van der Waals surface area contributed by atoms with Crippen molar-refractivity contribution in [3.05, 3.63) is 52.2 Å². The van der Waals surface area contributed by atoms with Crippen LogP contribution in [0.3, 0.4) is 0 Å². The molecule has 0 saturated carbocycles. The molecule has 0 fully saturated rings. The van der Waals surface area contributed by atoms with E-state index in [-0.39, 0.29) is 0 Å². The van der Waals surface area contributed by atoms with Gasteiger partial charge in [0.25, 0.3) is 0 Å². The second-order valence-electron chi connectivity index (χ2n) is 4.44. The van der Waals surface area contributed by atoms with Crippen LogP contribution in [0.15, 0.2) is 41.1 Å². The Morgan fingerprint density at radius 2 is 1.67 bits per heavy atom. The van der Waals surface area contributed by atoms with Gasteiger partial charge in [-0.1, -0.05) is 12.1 Å². The summed E-state index contributed by atoms with van der Waals surface area (Å²) in [7, 11) is 1.69. The van der Waals surface area contributed by atoms with E-state index < -0.39 is 0 Å². The minimum Gasteiger partial charge on any atom is -0.497 e. The molecule has 2 nitrogen and oxygen atoms in total. The maximum atomic E-state index is 5.17. The molecule has 3 heteroatoms. The number of hydrogen-bond donors (Lipinski definition) is 1. The topological polar surface area (TPSA) is 21.3 Å². The van der Waals surface area contributed by atoms with Gasteiger partial charge < -0.3 is 10.1 Å². The first-order chi connectivity index (χ1) is 8.70. The molecule has 2 aromatic rings. The standard InChI is InChI=1S/C15H19NOS/c1-11(13-4-6-15(17-3)7-5-13)16-12(2)14-8-9-18-10-14/h4-12,16H,1-3H3. The molecule has 1 heterocycles. The van der Waals surface area contributed by atoms with Gasteiger partial charge in [0.15, 0.2) is 0 Å². The molecule has 1 aromatic carbocycles. The zero-order chi connectivity index (χ0) is 13.0. The SMILES string of the molecule is COc1ccc(C(C)NC(C)c2ccsc2)cc1. The maximum absolute atomic E-state index is 5.17. The van der Waals surface area contributed by atoms with Crippen molar-refractivity contribution in [2.45, 2.75) is 25.9 Å². The van der Waals surface area contributed by atoms with E-state index in [1.54, 1.807) is 18.4 Å². The third kappa shape index (κ3) is 3.12. The van der Waals surface area contributed by atoms with E-state index in [9.17, 15) is 0 Å². The average Bonchev–Trinajstić information content (AvgIpc) is 2.92. The van der Waals surface area contributed by atoms with Crippen molar-refractivity contribution >= 4 is 11.3 Å². The second kappa shape index (κ2) is 6.03. The molecule has 2 atom stereocenters. The Bertz CT molecular complexity index is 464. The maximum Gasteiger partial charge on any atom is 0.118 e. The molecule has 0 saturated heterocycles. The third-order valence-corrected chi connectivity index (χ3v) is 3.86. The normalized spacial score (nSPS) is 14.2. The number of rotatable bonds is 5. The van der Waals surface area contributed by atoms with E-state index in [0.29, 0.717) is 12.1 Å². The van der Waals surface area contributed by atoms with Crippen LogP contribution in [0.1, 0.15) is 37.1 Å². The van der Waals surface area contributed by atoms with Gasteiger partial charge in [-0.05, 0) is 53.9 Å². The number of nitrogens with one attached hydrogen (secondary N) is 1. The van der Waals surface area contributed by atoms with E-state index in [1.165, 1.54) is 11.1 Å². The summed E-state index contributed by atoms with van der Waals surface area (Å²) in [6.07, 6.45) is 0. The Hall–Kier alpha value is -1.32. The molecule has 1 aromatic heterocycles. The van der Waals surface area contributed by atoms with Gasteiger partial charge in [-0.25, -0.2) is 0 Å². The lowest BCUT2D eigenvalue weighted by atomic mass is 10.1. The summed E-state index contributed by atoms with van der Waals surface area (Å²) in [4.78, 5) is 0. The van der Waals surface area contributed by atoms with Gasteiger partial charge >= 0.3 is 0 Å². The monoisotopic (exact) mass is 261 g/mol. The van der Waals surface area contributed by atoms with Gasteiger partial charge in [0.1, 0.15) is 5.75 Å². The molecule has 0 aliphatic rings. The zero-order valence-electron chi connectivity index (χ0n) is 11.0. The van der Waals surface area contributed by atoms with Crippen LogP contribution in [0.2, 0.25) is 0 Å². The van der Waals surface area contributed by atoms with E-state index in [0.717, 1.165) is 5.75 Å². The third-order valence-electron chi connectivity index (χ3n) is 3.16. The van der Waals surface area contributed by atoms with Crippen molar-refractivity contribution in [3.8, 4) is 5.75 Å². The summed E-state index contributed by atoms with van der Waals surface area (Å²) in [6, 6.07) is 11.1. The molecule has 2 rings (SSSR count). The van der Waals surface area contributed by atoms with Gasteiger partial charge in [-0.2, -0.15) is 11.3 Å². The predicted octanol–water partition coefficient (Wildman–Crippen LogP) is 4.17. The number of ether oxygens (including phenoxy) is 1. The number of thiophene rings is 1. The predicted molar refractivity (Wildman–Crippen MR) is 77.3 cm³/mol. The van der Waals surface area contributed by atoms with E-state index >= 15 is 0 Å². The highest BCUT2D eigenvalue weighted by Crippen LogP contribution is 2.22. The number of methoxy groups -OCH3 is 1. The van der Waals surface area contributed by atoms with Crippen molar-refractivity contribution in [1.29, 1.82) is 0 Å². The minimum atomic E-state index is 0.325. The molecule has 0 aliphatic carbocycles. The highest BCUT2D eigenvalue weighted by Gasteiger charge is 2.11. The summed E-state index contributed by atoms with van der Waals surface area (Å²) < 4.78 is 5.17. The van der Waals surface area contributed by atoms with Gasteiger partial charge in [0, 0.05) is 12.1 Å². The summed E-state index contributed by atoms with van der Waals surface area (Å²) in [5.41, 5.74) is 2.62. The first-order valence-electron chi connectivity index (χ1n) is 6.13. The molecular formula is C15H19NOS. The molecule has 96 valence electrons. The fraction of sp³-hybridized carbons (Fsp3) is 0.333. The lowest BCUT2D eigenvalue weighted by Gasteiger charge is -2.20. The summed E-state index contributed by atoms with van der Waals surface area (Å²) >= 11 is 1.74. The Morgan fingerprint density at radius 3 is 2.22 bits per heavy atom. The summed E-state index contributed by atoms with van der Waals surface area (Å²) in [5.74, 6) is 0.900. The van der Waals surface area contributed by atoms with Crippen LogP contribution in [-0.2, 0) is 0 Å². The summed E-state index contributed by atoms with van der Waals surface area (Å²) in [6.45, 7) is 4.38. The van der Waals surface area contributed by atoms with Crippen LogP contribution in [0.5, 0.6) is 5.75 Å². The van der Waals surface area contributed by atoms with E-state index in [2.05, 4.69) is 48.1 Å².